The third-order valence-electron chi connectivity index (χ3n) is 5.41. The molecule has 0 bridgehead atoms. The molecule has 0 spiro atoms. The Kier molecular flexibility index (Phi) is 6.58. The van der Waals surface area contributed by atoms with Gasteiger partial charge < -0.3 is 10.6 Å². The van der Waals surface area contributed by atoms with Gasteiger partial charge >= 0.3 is 0 Å². The molecule has 0 radical (unpaired) electrons. The molecular formula is C22H26N6O4S2. The molecule has 4 rings (SSSR count). The Morgan fingerprint density at radius 1 is 0.971 bits per heavy atom. The second kappa shape index (κ2) is 9.29. The van der Waals surface area contributed by atoms with Gasteiger partial charge in [0.25, 0.3) is 0 Å². The van der Waals surface area contributed by atoms with Crippen molar-refractivity contribution >= 4 is 43.2 Å². The molecule has 12 heteroatoms. The van der Waals surface area contributed by atoms with Crippen molar-refractivity contribution in [2.45, 2.75) is 36.5 Å². The lowest BCUT2D eigenvalue weighted by atomic mass is 10.2. The summed E-state index contributed by atoms with van der Waals surface area (Å²) in [5.74, 6) is 0.930. The van der Waals surface area contributed by atoms with E-state index < -0.39 is 20.0 Å². The number of aryl methyl sites for hydroxylation is 1. The summed E-state index contributed by atoms with van der Waals surface area (Å²) in [5, 5.41) is 11.2. The van der Waals surface area contributed by atoms with Crippen molar-refractivity contribution in [1.29, 1.82) is 0 Å². The average Bonchev–Trinajstić information content (AvgIpc) is 3.63. The maximum atomic E-state index is 12.3. The normalized spacial score (nSPS) is 14.2. The summed E-state index contributed by atoms with van der Waals surface area (Å²) in [5.41, 5.74) is 3.12. The number of rotatable bonds is 9. The first-order chi connectivity index (χ1) is 16.0. The average molecular weight is 503 g/mol. The van der Waals surface area contributed by atoms with E-state index in [0.29, 0.717) is 24.0 Å². The molecule has 0 unspecified atom stereocenters. The Labute approximate surface area is 199 Å². The largest absolute Gasteiger partial charge is 0.340 e. The highest BCUT2D eigenvalue weighted by Crippen LogP contribution is 2.31. The molecule has 3 aromatic rings. The standard InChI is InChI=1S/C22H26N6O4S2/c1-15-13-24-22(26-18-7-9-19(10-8-18)33(23,29)30)27-21(15)25-17-5-3-16(4-6-17)14-28(2)34(31,32)20-11-12-20/h3-10,13,20H,11-12,14H2,1-2H3,(H2,23,29,30)(H2,24,25,26,27). The van der Waals surface area contributed by atoms with Gasteiger partial charge in [-0.3, -0.25) is 0 Å². The Balaban J connectivity index is 1.43. The monoisotopic (exact) mass is 502 g/mol. The van der Waals surface area contributed by atoms with Crippen molar-refractivity contribution in [3.8, 4) is 0 Å². The molecule has 1 saturated carbocycles. The van der Waals surface area contributed by atoms with Gasteiger partial charge in [-0.1, -0.05) is 12.1 Å². The van der Waals surface area contributed by atoms with Gasteiger partial charge in [0.1, 0.15) is 5.82 Å². The third-order valence-corrected chi connectivity index (χ3v) is 8.65. The van der Waals surface area contributed by atoms with Crippen molar-refractivity contribution in [2.75, 3.05) is 17.7 Å². The molecule has 0 aliphatic heterocycles. The molecule has 1 heterocycles. The summed E-state index contributed by atoms with van der Waals surface area (Å²) < 4.78 is 48.9. The molecule has 34 heavy (non-hydrogen) atoms. The number of aromatic nitrogens is 2. The van der Waals surface area contributed by atoms with E-state index in [2.05, 4.69) is 20.6 Å². The molecule has 0 atom stereocenters. The lowest BCUT2D eigenvalue weighted by Gasteiger charge is -2.17. The zero-order chi connectivity index (χ0) is 24.5. The molecule has 2 aromatic carbocycles. The highest BCUT2D eigenvalue weighted by molar-refractivity contribution is 7.90. The third kappa shape index (κ3) is 5.70. The molecule has 1 aliphatic carbocycles. The van der Waals surface area contributed by atoms with Gasteiger partial charge in [0.2, 0.25) is 26.0 Å². The minimum atomic E-state index is -3.76. The van der Waals surface area contributed by atoms with E-state index in [1.165, 1.54) is 16.4 Å². The predicted molar refractivity (Wildman–Crippen MR) is 131 cm³/mol. The molecule has 180 valence electrons. The molecule has 0 amide bonds. The zero-order valence-electron chi connectivity index (χ0n) is 18.8. The minimum Gasteiger partial charge on any atom is -0.340 e. The Morgan fingerprint density at radius 2 is 1.56 bits per heavy atom. The van der Waals surface area contributed by atoms with Gasteiger partial charge in [0, 0.05) is 36.7 Å². The summed E-state index contributed by atoms with van der Waals surface area (Å²) in [6, 6.07) is 13.5. The first-order valence-corrected chi connectivity index (χ1v) is 13.6. The van der Waals surface area contributed by atoms with Crippen LogP contribution in [0.1, 0.15) is 24.0 Å². The van der Waals surface area contributed by atoms with Crippen molar-refractivity contribution in [2.24, 2.45) is 5.14 Å². The van der Waals surface area contributed by atoms with Crippen LogP contribution in [0.5, 0.6) is 0 Å². The number of anilines is 4. The van der Waals surface area contributed by atoms with E-state index >= 15 is 0 Å². The topological polar surface area (TPSA) is 147 Å². The van der Waals surface area contributed by atoms with E-state index in [4.69, 9.17) is 5.14 Å². The number of hydrogen-bond donors (Lipinski definition) is 3. The Hall–Kier alpha value is -3.06. The first kappa shape index (κ1) is 24.1. The smallest absolute Gasteiger partial charge is 0.238 e. The van der Waals surface area contributed by atoms with E-state index in [9.17, 15) is 16.8 Å². The Bertz CT molecular complexity index is 1390. The van der Waals surface area contributed by atoms with Crippen LogP contribution < -0.4 is 15.8 Å². The quantitative estimate of drug-likeness (QED) is 0.405. The molecule has 1 aromatic heterocycles. The van der Waals surface area contributed by atoms with Gasteiger partial charge in [0.05, 0.1) is 10.1 Å². The van der Waals surface area contributed by atoms with Crippen LogP contribution in [0.2, 0.25) is 0 Å². The van der Waals surface area contributed by atoms with Crippen molar-refractivity contribution in [3.05, 3.63) is 65.9 Å². The molecule has 10 nitrogen and oxygen atoms in total. The number of nitrogens with two attached hydrogens (primary N) is 1. The van der Waals surface area contributed by atoms with Crippen LogP contribution in [0.4, 0.5) is 23.1 Å². The molecular weight excluding hydrogens is 476 g/mol. The lowest BCUT2D eigenvalue weighted by Crippen LogP contribution is -2.29. The summed E-state index contributed by atoms with van der Waals surface area (Å²) in [6.45, 7) is 2.20. The lowest BCUT2D eigenvalue weighted by molar-refractivity contribution is 0.465. The number of nitrogens with zero attached hydrogens (tertiary/aromatic N) is 3. The summed E-state index contributed by atoms with van der Waals surface area (Å²) in [4.78, 5) is 8.79. The van der Waals surface area contributed by atoms with Crippen LogP contribution in [0.15, 0.2) is 59.6 Å². The van der Waals surface area contributed by atoms with E-state index in [1.54, 1.807) is 25.4 Å². The maximum Gasteiger partial charge on any atom is 0.238 e. The number of benzene rings is 2. The molecule has 4 N–H and O–H groups in total. The summed E-state index contributed by atoms with van der Waals surface area (Å²) >= 11 is 0. The van der Waals surface area contributed by atoms with Crippen LogP contribution in [0.3, 0.4) is 0 Å². The van der Waals surface area contributed by atoms with Gasteiger partial charge in [0.15, 0.2) is 0 Å². The number of sulfonamides is 2. The van der Waals surface area contributed by atoms with Gasteiger partial charge in [-0.25, -0.2) is 31.3 Å². The fourth-order valence-electron chi connectivity index (χ4n) is 3.28. The van der Waals surface area contributed by atoms with Crippen LogP contribution in [0.25, 0.3) is 0 Å². The van der Waals surface area contributed by atoms with Crippen LogP contribution >= 0.6 is 0 Å². The summed E-state index contributed by atoms with van der Waals surface area (Å²) in [7, 11) is -5.36. The Morgan fingerprint density at radius 3 is 2.15 bits per heavy atom. The van der Waals surface area contributed by atoms with Crippen LogP contribution in [0, 0.1) is 6.92 Å². The van der Waals surface area contributed by atoms with Gasteiger partial charge in [-0.2, -0.15) is 4.98 Å². The van der Waals surface area contributed by atoms with Crippen molar-refractivity contribution < 1.29 is 16.8 Å². The fraction of sp³-hybridized carbons (Fsp3) is 0.273. The van der Waals surface area contributed by atoms with Crippen molar-refractivity contribution in [1.82, 2.24) is 14.3 Å². The van der Waals surface area contributed by atoms with Crippen molar-refractivity contribution in [3.63, 3.8) is 0 Å². The highest BCUT2D eigenvalue weighted by Gasteiger charge is 2.38. The highest BCUT2D eigenvalue weighted by atomic mass is 32.2. The number of nitrogens with one attached hydrogen (secondary N) is 2. The first-order valence-electron chi connectivity index (χ1n) is 10.6. The molecule has 1 aliphatic rings. The van der Waals surface area contributed by atoms with Crippen LogP contribution in [-0.2, 0) is 26.6 Å². The van der Waals surface area contributed by atoms with E-state index in [0.717, 1.165) is 29.7 Å². The number of hydrogen-bond acceptors (Lipinski definition) is 8. The second-order valence-corrected chi connectivity index (χ2v) is 12.1. The van der Waals surface area contributed by atoms with Gasteiger partial charge in [-0.05, 0) is 61.7 Å². The van der Waals surface area contributed by atoms with E-state index in [-0.39, 0.29) is 10.1 Å². The molecule has 0 saturated heterocycles. The molecule has 1 fully saturated rings. The van der Waals surface area contributed by atoms with E-state index in [1.807, 2.05) is 31.2 Å². The second-order valence-electron chi connectivity index (χ2n) is 8.24. The number of primary sulfonamides is 1. The predicted octanol–water partition coefficient (Wildman–Crippen LogP) is 2.84. The fourth-order valence-corrected chi connectivity index (χ4v) is 5.37. The maximum absolute atomic E-state index is 12.3. The van der Waals surface area contributed by atoms with Crippen LogP contribution in [-0.4, -0.2) is 43.4 Å². The minimum absolute atomic E-state index is 0.0185. The SMILES string of the molecule is Cc1cnc(Nc2ccc(S(N)(=O)=O)cc2)nc1Nc1ccc(CN(C)S(=O)(=O)C2CC2)cc1. The van der Waals surface area contributed by atoms with Gasteiger partial charge in [-0.15, -0.1) is 0 Å². The zero-order valence-corrected chi connectivity index (χ0v) is 20.4. The summed E-state index contributed by atoms with van der Waals surface area (Å²) in [6.07, 6.45) is 3.15.